The lowest BCUT2D eigenvalue weighted by Gasteiger charge is -2.12. The molecule has 0 aliphatic carbocycles. The molecule has 4 rings (SSSR count). The molecule has 0 unspecified atom stereocenters. The van der Waals surface area contributed by atoms with E-state index in [4.69, 9.17) is 20.9 Å². The molecular weight excluding hydrogens is 508 g/mol. The van der Waals surface area contributed by atoms with Gasteiger partial charge in [0.1, 0.15) is 23.1 Å². The number of hydrogen-bond acceptors (Lipinski definition) is 5. The van der Waals surface area contributed by atoms with Crippen molar-refractivity contribution in [2.45, 2.75) is 33.9 Å². The van der Waals surface area contributed by atoms with E-state index in [1.807, 2.05) is 56.3 Å². The maximum atomic E-state index is 12.9. The monoisotopic (exact) mass is 528 g/mol. The summed E-state index contributed by atoms with van der Waals surface area (Å²) in [4.78, 5) is 12.9. The Morgan fingerprint density at radius 3 is 2.55 bits per heavy atom. The molecule has 9 heteroatoms. The standard InChI is InChI=1S/C24H22BrClN4O3/c1-14-5-4-6-15(2)22(14)32-13-19-16(3)33-29-21(19)24(31)27-23-20(26)12-30(28-23)11-17-7-9-18(25)10-8-17/h4-10,12H,11,13H2,1-3H3,(H,27,28,31). The molecule has 0 fully saturated rings. The van der Waals surface area contributed by atoms with Crippen LogP contribution < -0.4 is 10.1 Å². The number of para-hydroxylation sites is 1. The van der Waals surface area contributed by atoms with Crippen LogP contribution in [0.25, 0.3) is 0 Å². The molecular formula is C24H22BrClN4O3. The fourth-order valence-electron chi connectivity index (χ4n) is 3.42. The molecule has 2 heterocycles. The van der Waals surface area contributed by atoms with Crippen LogP contribution in [0.1, 0.15) is 38.5 Å². The molecule has 0 radical (unpaired) electrons. The van der Waals surface area contributed by atoms with Gasteiger partial charge in [-0.15, -0.1) is 0 Å². The zero-order valence-corrected chi connectivity index (χ0v) is 20.7. The van der Waals surface area contributed by atoms with Gasteiger partial charge in [-0.1, -0.05) is 63.0 Å². The Balaban J connectivity index is 1.48. The van der Waals surface area contributed by atoms with Gasteiger partial charge in [-0.05, 0) is 49.6 Å². The number of rotatable bonds is 7. The highest BCUT2D eigenvalue weighted by Crippen LogP contribution is 2.26. The van der Waals surface area contributed by atoms with Crippen molar-refractivity contribution in [3.05, 3.63) is 91.9 Å². The van der Waals surface area contributed by atoms with Gasteiger partial charge >= 0.3 is 0 Å². The second kappa shape index (κ2) is 9.80. The van der Waals surface area contributed by atoms with E-state index < -0.39 is 5.91 Å². The summed E-state index contributed by atoms with van der Waals surface area (Å²) in [6, 6.07) is 13.8. The summed E-state index contributed by atoms with van der Waals surface area (Å²) in [7, 11) is 0. The van der Waals surface area contributed by atoms with Crippen LogP contribution in [0.15, 0.2) is 57.7 Å². The van der Waals surface area contributed by atoms with E-state index in [0.29, 0.717) is 22.9 Å². The second-order valence-electron chi connectivity index (χ2n) is 7.68. The normalized spacial score (nSPS) is 10.9. The smallest absolute Gasteiger partial charge is 0.279 e. The van der Waals surface area contributed by atoms with Crippen LogP contribution in [-0.2, 0) is 13.2 Å². The average Bonchev–Trinajstić information content (AvgIpc) is 3.31. The molecule has 0 spiro atoms. The van der Waals surface area contributed by atoms with Gasteiger partial charge in [-0.2, -0.15) is 5.10 Å². The summed E-state index contributed by atoms with van der Waals surface area (Å²) in [5.41, 5.74) is 3.78. The Morgan fingerprint density at radius 1 is 1.15 bits per heavy atom. The molecule has 7 nitrogen and oxygen atoms in total. The molecule has 0 bridgehead atoms. The van der Waals surface area contributed by atoms with Crippen LogP contribution in [0.4, 0.5) is 5.82 Å². The van der Waals surface area contributed by atoms with Crippen LogP contribution >= 0.6 is 27.5 Å². The van der Waals surface area contributed by atoms with Gasteiger partial charge in [-0.3, -0.25) is 9.48 Å². The maximum Gasteiger partial charge on any atom is 0.279 e. The number of nitrogens with one attached hydrogen (secondary N) is 1. The third kappa shape index (κ3) is 5.29. The van der Waals surface area contributed by atoms with Crippen LogP contribution in [0, 0.1) is 20.8 Å². The van der Waals surface area contributed by atoms with Crippen LogP contribution in [0.5, 0.6) is 5.75 Å². The summed E-state index contributed by atoms with van der Waals surface area (Å²) >= 11 is 9.74. The van der Waals surface area contributed by atoms with Crippen molar-refractivity contribution >= 4 is 39.3 Å². The SMILES string of the molecule is Cc1cccc(C)c1OCc1c(C(=O)Nc2nn(Cc3ccc(Br)cc3)cc2Cl)noc1C. The summed E-state index contributed by atoms with van der Waals surface area (Å²) in [5.74, 6) is 1.07. The number of aryl methyl sites for hydroxylation is 3. The van der Waals surface area contributed by atoms with E-state index in [9.17, 15) is 4.79 Å². The molecule has 0 saturated carbocycles. The summed E-state index contributed by atoms with van der Waals surface area (Å²) in [6.07, 6.45) is 1.66. The number of carbonyl (C=O) groups excluding carboxylic acids is 1. The molecule has 0 saturated heterocycles. The molecule has 2 aromatic heterocycles. The fraction of sp³-hybridized carbons (Fsp3) is 0.208. The molecule has 33 heavy (non-hydrogen) atoms. The summed E-state index contributed by atoms with van der Waals surface area (Å²) < 4.78 is 13.9. The molecule has 0 aliphatic heterocycles. The quantitative estimate of drug-likeness (QED) is 0.313. The highest BCUT2D eigenvalue weighted by Gasteiger charge is 2.23. The molecule has 1 amide bonds. The van der Waals surface area contributed by atoms with Crippen LogP contribution in [-0.4, -0.2) is 20.8 Å². The average molecular weight is 530 g/mol. The van der Waals surface area contributed by atoms with Crippen molar-refractivity contribution in [2.75, 3.05) is 5.32 Å². The zero-order valence-electron chi connectivity index (χ0n) is 18.4. The number of carbonyl (C=O) groups is 1. The third-order valence-electron chi connectivity index (χ3n) is 5.18. The first-order valence-corrected chi connectivity index (χ1v) is 11.4. The van der Waals surface area contributed by atoms with Crippen molar-refractivity contribution in [1.82, 2.24) is 14.9 Å². The molecule has 170 valence electrons. The van der Waals surface area contributed by atoms with E-state index in [-0.39, 0.29) is 18.1 Å². The lowest BCUT2D eigenvalue weighted by Crippen LogP contribution is -2.16. The van der Waals surface area contributed by atoms with Crippen molar-refractivity contribution in [1.29, 1.82) is 0 Å². The van der Waals surface area contributed by atoms with E-state index in [1.54, 1.807) is 17.8 Å². The Kier molecular flexibility index (Phi) is 6.85. The van der Waals surface area contributed by atoms with Gasteiger partial charge in [-0.25, -0.2) is 0 Å². The lowest BCUT2D eigenvalue weighted by molar-refractivity contribution is 0.101. The number of nitrogens with zero attached hydrogens (tertiary/aromatic N) is 3. The molecule has 0 atom stereocenters. The molecule has 1 N–H and O–H groups in total. The van der Waals surface area contributed by atoms with E-state index >= 15 is 0 Å². The maximum absolute atomic E-state index is 12.9. The van der Waals surface area contributed by atoms with Crippen molar-refractivity contribution in [3.63, 3.8) is 0 Å². The number of halogens is 2. The van der Waals surface area contributed by atoms with Gasteiger partial charge in [0, 0.05) is 10.7 Å². The van der Waals surface area contributed by atoms with E-state index in [1.165, 1.54) is 0 Å². The second-order valence-corrected chi connectivity index (χ2v) is 9.00. The Labute approximate surface area is 204 Å². The fourth-order valence-corrected chi connectivity index (χ4v) is 3.88. The van der Waals surface area contributed by atoms with E-state index in [2.05, 4.69) is 31.5 Å². The number of amides is 1. The summed E-state index contributed by atoms with van der Waals surface area (Å²) in [6.45, 7) is 6.36. The Morgan fingerprint density at radius 2 is 1.85 bits per heavy atom. The van der Waals surface area contributed by atoms with Gasteiger partial charge in [0.15, 0.2) is 11.5 Å². The lowest BCUT2D eigenvalue weighted by atomic mass is 10.1. The predicted octanol–water partition coefficient (Wildman–Crippen LogP) is 6.09. The Bertz CT molecular complexity index is 1280. The van der Waals surface area contributed by atoms with Gasteiger partial charge in [0.05, 0.1) is 12.1 Å². The van der Waals surface area contributed by atoms with Crippen LogP contribution in [0.3, 0.4) is 0 Å². The molecule has 4 aromatic rings. The topological polar surface area (TPSA) is 82.2 Å². The minimum atomic E-state index is -0.470. The summed E-state index contributed by atoms with van der Waals surface area (Å²) in [5, 5.41) is 11.4. The van der Waals surface area contributed by atoms with Crippen LogP contribution in [0.2, 0.25) is 5.02 Å². The first-order chi connectivity index (χ1) is 15.8. The van der Waals surface area contributed by atoms with Crippen molar-refractivity contribution < 1.29 is 14.1 Å². The number of hydrogen-bond donors (Lipinski definition) is 1. The molecule has 2 aromatic carbocycles. The first-order valence-electron chi connectivity index (χ1n) is 10.2. The number of benzene rings is 2. The van der Waals surface area contributed by atoms with E-state index in [0.717, 1.165) is 26.9 Å². The van der Waals surface area contributed by atoms with Gasteiger partial charge < -0.3 is 14.6 Å². The minimum Gasteiger partial charge on any atom is -0.488 e. The molecule has 0 aliphatic rings. The largest absolute Gasteiger partial charge is 0.488 e. The van der Waals surface area contributed by atoms with Crippen molar-refractivity contribution in [3.8, 4) is 5.75 Å². The zero-order chi connectivity index (χ0) is 23.5. The number of anilines is 1. The Hall–Kier alpha value is -3.10. The predicted molar refractivity (Wildman–Crippen MR) is 130 cm³/mol. The van der Waals surface area contributed by atoms with Gasteiger partial charge in [0.25, 0.3) is 5.91 Å². The number of aromatic nitrogens is 3. The highest BCUT2D eigenvalue weighted by molar-refractivity contribution is 9.10. The number of ether oxygens (including phenoxy) is 1. The van der Waals surface area contributed by atoms with Crippen molar-refractivity contribution in [2.24, 2.45) is 0 Å². The third-order valence-corrected chi connectivity index (χ3v) is 5.98. The first kappa shape index (κ1) is 23.1. The highest BCUT2D eigenvalue weighted by atomic mass is 79.9. The van der Waals surface area contributed by atoms with Gasteiger partial charge in [0.2, 0.25) is 0 Å². The minimum absolute atomic E-state index is 0.136.